The molecule has 2 rings (SSSR count). The lowest BCUT2D eigenvalue weighted by atomic mass is 9.79. The molecule has 0 aliphatic heterocycles. The molecule has 0 saturated heterocycles. The van der Waals surface area contributed by atoms with E-state index >= 15 is 0 Å². The second-order valence-electron chi connectivity index (χ2n) is 5.97. The summed E-state index contributed by atoms with van der Waals surface area (Å²) in [5.41, 5.74) is 4.10. The average Bonchev–Trinajstić information content (AvgIpc) is 2.39. The van der Waals surface area contributed by atoms with Gasteiger partial charge in [0.2, 0.25) is 0 Å². The van der Waals surface area contributed by atoms with Gasteiger partial charge < -0.3 is 0 Å². The van der Waals surface area contributed by atoms with Crippen LogP contribution in [0.1, 0.15) is 31.4 Å². The van der Waals surface area contributed by atoms with Crippen molar-refractivity contribution in [3.8, 4) is 0 Å². The number of hydrogen-bond donors (Lipinski definition) is 0. The van der Waals surface area contributed by atoms with Gasteiger partial charge in [-0.05, 0) is 35.0 Å². The minimum atomic E-state index is 0.230. The highest BCUT2D eigenvalue weighted by Gasteiger charge is 2.20. The van der Waals surface area contributed by atoms with E-state index in [1.54, 1.807) is 0 Å². The normalized spacial score (nSPS) is 11.3. The summed E-state index contributed by atoms with van der Waals surface area (Å²) in [6, 6.07) is 21.2. The smallest absolute Gasteiger partial charge is 0.0224 e. The summed E-state index contributed by atoms with van der Waals surface area (Å²) < 4.78 is 0. The Morgan fingerprint density at radius 1 is 0.895 bits per heavy atom. The van der Waals surface area contributed by atoms with Crippen LogP contribution in [-0.2, 0) is 6.42 Å². The van der Waals surface area contributed by atoms with E-state index in [0.29, 0.717) is 0 Å². The standard InChI is InChI=1S/C19H22/c1-16(18-12-8-5-9-13-18)14-19(2,3)15-17-10-6-4-7-11-17/h4-13H,1,14-15H2,2-3H3. The van der Waals surface area contributed by atoms with E-state index in [1.165, 1.54) is 16.7 Å². The first kappa shape index (κ1) is 13.6. The molecule has 0 aromatic heterocycles. The third-order valence-corrected chi connectivity index (χ3v) is 3.40. The van der Waals surface area contributed by atoms with Crippen molar-refractivity contribution in [1.29, 1.82) is 0 Å². The quantitative estimate of drug-likeness (QED) is 0.670. The average molecular weight is 250 g/mol. The van der Waals surface area contributed by atoms with E-state index in [-0.39, 0.29) is 5.41 Å². The number of hydrogen-bond acceptors (Lipinski definition) is 0. The molecule has 0 heteroatoms. The molecule has 0 heterocycles. The highest BCUT2D eigenvalue weighted by Crippen LogP contribution is 2.32. The van der Waals surface area contributed by atoms with E-state index < -0.39 is 0 Å². The molecule has 0 radical (unpaired) electrons. The lowest BCUT2D eigenvalue weighted by molar-refractivity contribution is 0.375. The molecule has 0 unspecified atom stereocenters. The Morgan fingerprint density at radius 3 is 2.00 bits per heavy atom. The van der Waals surface area contributed by atoms with Gasteiger partial charge >= 0.3 is 0 Å². The Labute approximate surface area is 116 Å². The Kier molecular flexibility index (Phi) is 4.21. The number of benzene rings is 2. The number of rotatable bonds is 5. The van der Waals surface area contributed by atoms with E-state index in [4.69, 9.17) is 0 Å². The van der Waals surface area contributed by atoms with Crippen LogP contribution in [0.4, 0.5) is 0 Å². The molecule has 0 fully saturated rings. The molecule has 0 bridgehead atoms. The summed E-state index contributed by atoms with van der Waals surface area (Å²) in [6.07, 6.45) is 2.10. The molecular formula is C19H22. The minimum absolute atomic E-state index is 0.230. The molecule has 2 aromatic rings. The molecule has 0 N–H and O–H groups in total. The van der Waals surface area contributed by atoms with Gasteiger partial charge in [0.25, 0.3) is 0 Å². The molecule has 98 valence electrons. The van der Waals surface area contributed by atoms with Gasteiger partial charge in [-0.2, -0.15) is 0 Å². The molecule has 0 aliphatic rings. The van der Waals surface area contributed by atoms with Gasteiger partial charge in [0.1, 0.15) is 0 Å². The first-order chi connectivity index (χ1) is 9.07. The van der Waals surface area contributed by atoms with Gasteiger partial charge in [-0.1, -0.05) is 81.1 Å². The first-order valence-electron chi connectivity index (χ1n) is 6.84. The Morgan fingerprint density at radius 2 is 1.42 bits per heavy atom. The maximum Gasteiger partial charge on any atom is -0.0224 e. The van der Waals surface area contributed by atoms with Crippen molar-refractivity contribution < 1.29 is 0 Å². The third-order valence-electron chi connectivity index (χ3n) is 3.40. The zero-order valence-electron chi connectivity index (χ0n) is 11.9. The van der Waals surface area contributed by atoms with Crippen molar-refractivity contribution in [3.05, 3.63) is 78.4 Å². The second-order valence-corrected chi connectivity index (χ2v) is 5.97. The van der Waals surface area contributed by atoms with Crippen LogP contribution in [0.3, 0.4) is 0 Å². The van der Waals surface area contributed by atoms with E-state index in [0.717, 1.165) is 12.8 Å². The highest BCUT2D eigenvalue weighted by molar-refractivity contribution is 5.63. The van der Waals surface area contributed by atoms with Crippen molar-refractivity contribution in [2.24, 2.45) is 5.41 Å². The van der Waals surface area contributed by atoms with Crippen LogP contribution in [0.5, 0.6) is 0 Å². The van der Waals surface area contributed by atoms with Crippen LogP contribution >= 0.6 is 0 Å². The van der Waals surface area contributed by atoms with Crippen LogP contribution < -0.4 is 0 Å². The predicted molar refractivity (Wildman–Crippen MR) is 84.0 cm³/mol. The SMILES string of the molecule is C=C(CC(C)(C)Cc1ccccc1)c1ccccc1. The van der Waals surface area contributed by atoms with Crippen molar-refractivity contribution in [1.82, 2.24) is 0 Å². The Bertz CT molecular complexity index is 520. The van der Waals surface area contributed by atoms with Crippen LogP contribution in [-0.4, -0.2) is 0 Å². The molecule has 0 aliphatic carbocycles. The van der Waals surface area contributed by atoms with Crippen molar-refractivity contribution >= 4 is 5.57 Å². The molecular weight excluding hydrogens is 228 g/mol. The van der Waals surface area contributed by atoms with Gasteiger partial charge in [0.15, 0.2) is 0 Å². The zero-order valence-corrected chi connectivity index (χ0v) is 11.9. The van der Waals surface area contributed by atoms with Crippen molar-refractivity contribution in [2.75, 3.05) is 0 Å². The van der Waals surface area contributed by atoms with Crippen molar-refractivity contribution in [3.63, 3.8) is 0 Å². The summed E-state index contributed by atoms with van der Waals surface area (Å²) in [5.74, 6) is 0. The first-order valence-corrected chi connectivity index (χ1v) is 6.84. The van der Waals surface area contributed by atoms with Crippen LogP contribution in [0.15, 0.2) is 67.2 Å². The van der Waals surface area contributed by atoms with Crippen LogP contribution in [0.2, 0.25) is 0 Å². The van der Waals surface area contributed by atoms with Gasteiger partial charge in [-0.15, -0.1) is 0 Å². The summed E-state index contributed by atoms with van der Waals surface area (Å²) in [7, 11) is 0. The topological polar surface area (TPSA) is 0 Å². The summed E-state index contributed by atoms with van der Waals surface area (Å²) in [5, 5.41) is 0. The lowest BCUT2D eigenvalue weighted by Crippen LogP contribution is -2.15. The molecule has 19 heavy (non-hydrogen) atoms. The maximum absolute atomic E-state index is 4.25. The van der Waals surface area contributed by atoms with Gasteiger partial charge in [0, 0.05) is 0 Å². The predicted octanol–water partition coefficient (Wildman–Crippen LogP) is 5.36. The largest absolute Gasteiger partial charge is 0.0952 e. The fourth-order valence-corrected chi connectivity index (χ4v) is 2.56. The molecule has 2 aromatic carbocycles. The molecule has 0 amide bonds. The van der Waals surface area contributed by atoms with Gasteiger partial charge in [0.05, 0.1) is 0 Å². The summed E-state index contributed by atoms with van der Waals surface area (Å²) in [6.45, 7) is 8.88. The van der Waals surface area contributed by atoms with E-state index in [2.05, 4.69) is 75.0 Å². The second kappa shape index (κ2) is 5.88. The summed E-state index contributed by atoms with van der Waals surface area (Å²) in [4.78, 5) is 0. The van der Waals surface area contributed by atoms with Gasteiger partial charge in [-0.25, -0.2) is 0 Å². The molecule has 0 nitrogen and oxygen atoms in total. The van der Waals surface area contributed by atoms with Crippen LogP contribution in [0.25, 0.3) is 5.57 Å². The third kappa shape index (κ3) is 4.10. The lowest BCUT2D eigenvalue weighted by Gasteiger charge is -2.26. The maximum atomic E-state index is 4.25. The fraction of sp³-hybridized carbons (Fsp3) is 0.263. The monoisotopic (exact) mass is 250 g/mol. The van der Waals surface area contributed by atoms with E-state index in [1.807, 2.05) is 6.07 Å². The van der Waals surface area contributed by atoms with Crippen LogP contribution in [0, 0.1) is 5.41 Å². The molecule has 0 spiro atoms. The van der Waals surface area contributed by atoms with Gasteiger partial charge in [-0.3, -0.25) is 0 Å². The fourth-order valence-electron chi connectivity index (χ4n) is 2.56. The Balaban J connectivity index is 2.03. The van der Waals surface area contributed by atoms with Crippen molar-refractivity contribution in [2.45, 2.75) is 26.7 Å². The minimum Gasteiger partial charge on any atom is -0.0952 e. The highest BCUT2D eigenvalue weighted by atomic mass is 14.2. The zero-order chi connectivity index (χ0) is 13.7. The summed E-state index contributed by atoms with van der Waals surface area (Å²) >= 11 is 0. The molecule has 0 atom stereocenters. The molecule has 0 saturated carbocycles. The Hall–Kier alpha value is -1.82. The van der Waals surface area contributed by atoms with E-state index in [9.17, 15) is 0 Å². The number of allylic oxidation sites excluding steroid dienone is 1.